The van der Waals surface area contributed by atoms with Crippen molar-refractivity contribution in [1.29, 1.82) is 0 Å². The van der Waals surface area contributed by atoms with Crippen LogP contribution in [0.5, 0.6) is 0 Å². The summed E-state index contributed by atoms with van der Waals surface area (Å²) in [5.74, 6) is -1.99. The first-order valence-electron chi connectivity index (χ1n) is 9.65. The fourth-order valence-corrected chi connectivity index (χ4v) is 5.35. The van der Waals surface area contributed by atoms with E-state index >= 15 is 0 Å². The van der Waals surface area contributed by atoms with E-state index in [1.807, 2.05) is 32.0 Å². The lowest BCUT2D eigenvalue weighted by Crippen LogP contribution is -2.43. The number of sulfone groups is 1. The fraction of sp³-hybridized carbons (Fsp3) is 0.550. The van der Waals surface area contributed by atoms with E-state index in [4.69, 9.17) is 4.74 Å². The molecule has 9 heteroatoms. The molecule has 0 unspecified atom stereocenters. The van der Waals surface area contributed by atoms with Crippen LogP contribution in [-0.2, 0) is 29.0 Å². The van der Waals surface area contributed by atoms with Gasteiger partial charge >= 0.3 is 5.97 Å². The highest BCUT2D eigenvalue weighted by Gasteiger charge is 2.38. The molecule has 0 aliphatic carbocycles. The number of nitrogens with zero attached hydrogens (tertiary/aromatic N) is 1. The van der Waals surface area contributed by atoms with Gasteiger partial charge in [0.15, 0.2) is 15.9 Å². The monoisotopic (exact) mass is 422 g/mol. The normalized spacial score (nSPS) is 24.4. The number of benzene rings is 1. The number of aryl methyl sites for hydroxylation is 1. The van der Waals surface area contributed by atoms with Crippen molar-refractivity contribution in [3.05, 3.63) is 29.3 Å². The lowest BCUT2D eigenvalue weighted by Gasteiger charge is -2.21. The second-order valence-electron chi connectivity index (χ2n) is 7.81. The van der Waals surface area contributed by atoms with E-state index in [9.17, 15) is 22.8 Å². The molecule has 0 radical (unpaired) electrons. The molecular weight excluding hydrogens is 396 g/mol. The zero-order valence-corrected chi connectivity index (χ0v) is 17.6. The summed E-state index contributed by atoms with van der Waals surface area (Å²) in [5.41, 5.74) is 2.81. The maximum Gasteiger partial charge on any atom is 0.312 e. The van der Waals surface area contributed by atoms with Crippen molar-refractivity contribution in [2.24, 2.45) is 5.92 Å². The minimum atomic E-state index is -3.11. The summed E-state index contributed by atoms with van der Waals surface area (Å²) in [6.45, 7) is 5.54. The van der Waals surface area contributed by atoms with Gasteiger partial charge in [0, 0.05) is 24.7 Å². The minimum Gasteiger partial charge on any atom is -0.452 e. The Morgan fingerprint density at radius 1 is 1.28 bits per heavy atom. The number of esters is 1. The standard InChI is InChI=1S/C20H26N2O6S/c1-12-5-4-6-17(13(12)2)22-10-15(9-18(22)23)20(25)28-14(3)19(24)21-16-7-8-29(26,27)11-16/h4-6,14-16H,7-11H2,1-3H3,(H,21,24)/t14-,15-,16+/m0/s1. The number of ether oxygens (including phenoxy) is 1. The SMILES string of the molecule is Cc1cccc(N2C[C@@H](C(=O)O[C@@H](C)C(=O)N[C@@H]3CCS(=O)(=O)C3)CC2=O)c1C. The molecule has 2 aliphatic heterocycles. The number of amides is 2. The zero-order valence-electron chi connectivity index (χ0n) is 16.8. The van der Waals surface area contributed by atoms with E-state index in [2.05, 4.69) is 5.32 Å². The third-order valence-electron chi connectivity index (χ3n) is 5.57. The number of anilines is 1. The first-order valence-corrected chi connectivity index (χ1v) is 11.5. The molecule has 2 fully saturated rings. The first-order chi connectivity index (χ1) is 13.6. The Labute approximate surface area is 170 Å². The van der Waals surface area contributed by atoms with Gasteiger partial charge in [-0.05, 0) is 44.4 Å². The van der Waals surface area contributed by atoms with Crippen LogP contribution >= 0.6 is 0 Å². The van der Waals surface area contributed by atoms with Crippen molar-refractivity contribution in [3.63, 3.8) is 0 Å². The summed E-state index contributed by atoms with van der Waals surface area (Å²) in [6, 6.07) is 5.22. The van der Waals surface area contributed by atoms with Crippen LogP contribution in [0.1, 0.15) is 30.9 Å². The summed E-state index contributed by atoms with van der Waals surface area (Å²) in [4.78, 5) is 38.8. The molecule has 1 N–H and O–H groups in total. The van der Waals surface area contributed by atoms with Gasteiger partial charge in [0.2, 0.25) is 5.91 Å². The fourth-order valence-electron chi connectivity index (χ4n) is 3.68. The number of nitrogens with one attached hydrogen (secondary N) is 1. The van der Waals surface area contributed by atoms with Crippen LogP contribution in [0.25, 0.3) is 0 Å². The Balaban J connectivity index is 1.57. The molecule has 2 heterocycles. The summed E-state index contributed by atoms with van der Waals surface area (Å²) in [7, 11) is -3.11. The van der Waals surface area contributed by atoms with Crippen LogP contribution < -0.4 is 10.2 Å². The average molecular weight is 423 g/mol. The molecule has 1 aromatic carbocycles. The maximum absolute atomic E-state index is 12.5. The molecule has 29 heavy (non-hydrogen) atoms. The van der Waals surface area contributed by atoms with Gasteiger partial charge in [0.1, 0.15) is 0 Å². The molecule has 0 saturated carbocycles. The van der Waals surface area contributed by atoms with Crippen molar-refractivity contribution in [3.8, 4) is 0 Å². The van der Waals surface area contributed by atoms with Crippen molar-refractivity contribution in [2.45, 2.75) is 45.8 Å². The minimum absolute atomic E-state index is 0.0292. The van der Waals surface area contributed by atoms with E-state index in [-0.39, 0.29) is 30.4 Å². The Kier molecular flexibility index (Phi) is 5.97. The van der Waals surface area contributed by atoms with Gasteiger partial charge in [-0.25, -0.2) is 8.42 Å². The lowest BCUT2D eigenvalue weighted by molar-refractivity contribution is -0.158. The lowest BCUT2D eigenvalue weighted by atomic mass is 10.1. The number of carbonyl (C=O) groups is 3. The molecule has 0 aromatic heterocycles. The van der Waals surface area contributed by atoms with Crippen LogP contribution in [0.2, 0.25) is 0 Å². The first kappa shape index (κ1) is 21.3. The van der Waals surface area contributed by atoms with Gasteiger partial charge in [-0.2, -0.15) is 0 Å². The van der Waals surface area contributed by atoms with Gasteiger partial charge in [0.25, 0.3) is 5.91 Å². The number of hydrogen-bond donors (Lipinski definition) is 1. The molecule has 2 saturated heterocycles. The van der Waals surface area contributed by atoms with Gasteiger partial charge in [-0.1, -0.05) is 12.1 Å². The maximum atomic E-state index is 12.5. The van der Waals surface area contributed by atoms with Crippen molar-refractivity contribution < 1.29 is 27.5 Å². The van der Waals surface area contributed by atoms with E-state index in [0.29, 0.717) is 6.42 Å². The molecule has 158 valence electrons. The largest absolute Gasteiger partial charge is 0.452 e. The summed E-state index contributed by atoms with van der Waals surface area (Å²) >= 11 is 0. The third kappa shape index (κ3) is 4.77. The van der Waals surface area contributed by atoms with Gasteiger partial charge in [-0.15, -0.1) is 0 Å². The third-order valence-corrected chi connectivity index (χ3v) is 7.33. The van der Waals surface area contributed by atoms with E-state index in [0.717, 1.165) is 16.8 Å². The van der Waals surface area contributed by atoms with Crippen LogP contribution in [0.15, 0.2) is 18.2 Å². The van der Waals surface area contributed by atoms with Crippen LogP contribution in [0.3, 0.4) is 0 Å². The van der Waals surface area contributed by atoms with Gasteiger partial charge in [-0.3, -0.25) is 14.4 Å². The smallest absolute Gasteiger partial charge is 0.312 e. The summed E-state index contributed by atoms with van der Waals surface area (Å²) in [5, 5.41) is 2.61. The van der Waals surface area contributed by atoms with Crippen molar-refractivity contribution >= 4 is 33.3 Å². The Morgan fingerprint density at radius 2 is 2.00 bits per heavy atom. The van der Waals surface area contributed by atoms with Gasteiger partial charge in [0.05, 0.1) is 17.4 Å². The van der Waals surface area contributed by atoms with E-state index < -0.39 is 39.8 Å². The van der Waals surface area contributed by atoms with Crippen LogP contribution in [-0.4, -0.2) is 56.4 Å². The highest BCUT2D eigenvalue weighted by atomic mass is 32.2. The molecule has 3 rings (SSSR count). The molecule has 2 amide bonds. The molecule has 0 spiro atoms. The van der Waals surface area contributed by atoms with Crippen LogP contribution in [0, 0.1) is 19.8 Å². The molecular formula is C20H26N2O6S. The highest BCUT2D eigenvalue weighted by Crippen LogP contribution is 2.30. The molecule has 8 nitrogen and oxygen atoms in total. The molecule has 3 atom stereocenters. The van der Waals surface area contributed by atoms with Crippen molar-refractivity contribution in [1.82, 2.24) is 5.32 Å². The molecule has 1 aromatic rings. The number of hydrogen-bond acceptors (Lipinski definition) is 6. The molecule has 0 bridgehead atoms. The van der Waals surface area contributed by atoms with E-state index in [1.165, 1.54) is 6.92 Å². The van der Waals surface area contributed by atoms with Gasteiger partial charge < -0.3 is 15.0 Å². The zero-order chi connectivity index (χ0) is 21.3. The Hall–Kier alpha value is -2.42. The topological polar surface area (TPSA) is 110 Å². The predicted octanol–water partition coefficient (Wildman–Crippen LogP) is 0.891. The summed E-state index contributed by atoms with van der Waals surface area (Å²) in [6.07, 6.45) is -0.673. The summed E-state index contributed by atoms with van der Waals surface area (Å²) < 4.78 is 28.3. The second kappa shape index (κ2) is 8.14. The second-order valence-corrected chi connectivity index (χ2v) is 10.0. The Bertz CT molecular complexity index is 942. The number of rotatable bonds is 5. The van der Waals surface area contributed by atoms with Crippen molar-refractivity contribution in [2.75, 3.05) is 23.0 Å². The van der Waals surface area contributed by atoms with Crippen LogP contribution in [0.4, 0.5) is 5.69 Å². The Morgan fingerprint density at radius 3 is 2.66 bits per heavy atom. The highest BCUT2D eigenvalue weighted by molar-refractivity contribution is 7.91. The van der Waals surface area contributed by atoms with E-state index in [1.54, 1.807) is 4.90 Å². The molecule has 2 aliphatic rings. The average Bonchev–Trinajstić information content (AvgIpc) is 3.19. The quantitative estimate of drug-likeness (QED) is 0.706. The predicted molar refractivity (Wildman–Crippen MR) is 107 cm³/mol. The number of carbonyl (C=O) groups excluding carboxylic acids is 3.